The lowest BCUT2D eigenvalue weighted by atomic mass is 10.1. The Morgan fingerprint density at radius 1 is 1.26 bits per heavy atom. The summed E-state index contributed by atoms with van der Waals surface area (Å²) in [4.78, 5) is 37.9. The quantitative estimate of drug-likeness (QED) is 0.868. The normalized spacial score (nSPS) is 17.9. The topological polar surface area (TPSA) is 92.5 Å². The molecule has 0 radical (unpaired) electrons. The molecule has 2 rings (SSSR count). The van der Waals surface area contributed by atoms with E-state index in [0.717, 1.165) is 0 Å². The standard InChI is InChI=1S/C16H21N3O3S/c1-16(2,3)18-14(21)12-8-23-9-19(12)15(22)11-6-4-5-10(7-11)13(17)20/h4-7,12H,8-9H2,1-3H3,(H2,17,20)(H,18,21). The van der Waals surface area contributed by atoms with Crippen LogP contribution in [0.4, 0.5) is 0 Å². The minimum absolute atomic E-state index is 0.165. The van der Waals surface area contributed by atoms with Crippen LogP contribution in [-0.2, 0) is 4.79 Å². The minimum Gasteiger partial charge on any atom is -0.366 e. The highest BCUT2D eigenvalue weighted by Gasteiger charge is 2.36. The number of benzene rings is 1. The van der Waals surface area contributed by atoms with Gasteiger partial charge in [0.05, 0.1) is 5.88 Å². The van der Waals surface area contributed by atoms with Gasteiger partial charge in [-0.05, 0) is 39.0 Å². The second-order valence-electron chi connectivity index (χ2n) is 6.47. The van der Waals surface area contributed by atoms with Gasteiger partial charge in [-0.3, -0.25) is 14.4 Å². The smallest absolute Gasteiger partial charge is 0.255 e. The number of primary amides is 1. The van der Waals surface area contributed by atoms with Crippen LogP contribution in [0.2, 0.25) is 0 Å². The highest BCUT2D eigenvalue weighted by atomic mass is 32.2. The Labute approximate surface area is 139 Å². The maximum absolute atomic E-state index is 12.7. The molecule has 1 aliphatic rings. The van der Waals surface area contributed by atoms with Gasteiger partial charge < -0.3 is 16.0 Å². The lowest BCUT2D eigenvalue weighted by Gasteiger charge is -2.27. The fourth-order valence-corrected chi connectivity index (χ4v) is 3.44. The summed E-state index contributed by atoms with van der Waals surface area (Å²) in [7, 11) is 0. The second kappa shape index (κ2) is 6.62. The molecular formula is C16H21N3O3S. The predicted octanol–water partition coefficient (Wildman–Crippen LogP) is 1.22. The predicted molar refractivity (Wildman–Crippen MR) is 90.1 cm³/mol. The lowest BCUT2D eigenvalue weighted by molar-refractivity contribution is -0.125. The first kappa shape index (κ1) is 17.3. The molecule has 1 atom stereocenters. The van der Waals surface area contributed by atoms with Gasteiger partial charge in [-0.1, -0.05) is 6.07 Å². The monoisotopic (exact) mass is 335 g/mol. The highest BCUT2D eigenvalue weighted by molar-refractivity contribution is 7.99. The molecule has 23 heavy (non-hydrogen) atoms. The summed E-state index contributed by atoms with van der Waals surface area (Å²) in [5, 5.41) is 2.91. The van der Waals surface area contributed by atoms with Crippen molar-refractivity contribution in [2.45, 2.75) is 32.4 Å². The molecule has 0 spiro atoms. The van der Waals surface area contributed by atoms with Gasteiger partial charge in [-0.2, -0.15) is 0 Å². The van der Waals surface area contributed by atoms with Crippen LogP contribution >= 0.6 is 11.8 Å². The summed E-state index contributed by atoms with van der Waals surface area (Å²) in [6, 6.07) is 5.75. The lowest BCUT2D eigenvalue weighted by Crippen LogP contribution is -2.52. The van der Waals surface area contributed by atoms with Crippen molar-refractivity contribution in [3.63, 3.8) is 0 Å². The number of hydrogen-bond acceptors (Lipinski definition) is 4. The molecule has 7 heteroatoms. The number of amides is 3. The number of carbonyl (C=O) groups excluding carboxylic acids is 3. The van der Waals surface area contributed by atoms with E-state index in [4.69, 9.17) is 5.73 Å². The molecule has 0 aromatic heterocycles. The molecule has 3 N–H and O–H groups in total. The molecule has 1 aliphatic heterocycles. The van der Waals surface area contributed by atoms with Gasteiger partial charge in [0.2, 0.25) is 11.8 Å². The molecule has 1 saturated heterocycles. The number of nitrogens with one attached hydrogen (secondary N) is 1. The zero-order valence-corrected chi connectivity index (χ0v) is 14.3. The molecule has 0 aliphatic carbocycles. The molecule has 1 heterocycles. The van der Waals surface area contributed by atoms with E-state index in [1.165, 1.54) is 22.7 Å². The van der Waals surface area contributed by atoms with Gasteiger partial charge in [0.1, 0.15) is 6.04 Å². The second-order valence-corrected chi connectivity index (χ2v) is 7.47. The Hall–Kier alpha value is -2.02. The van der Waals surface area contributed by atoms with Crippen molar-refractivity contribution in [2.24, 2.45) is 5.73 Å². The number of hydrogen-bond donors (Lipinski definition) is 2. The molecule has 6 nitrogen and oxygen atoms in total. The SMILES string of the molecule is CC(C)(C)NC(=O)C1CSCN1C(=O)c1cccc(C(N)=O)c1. The van der Waals surface area contributed by atoms with Gasteiger partial charge in [-0.25, -0.2) is 0 Å². The highest BCUT2D eigenvalue weighted by Crippen LogP contribution is 2.24. The largest absolute Gasteiger partial charge is 0.366 e. The van der Waals surface area contributed by atoms with E-state index < -0.39 is 11.9 Å². The average Bonchev–Trinajstić information content (AvgIpc) is 2.94. The molecule has 124 valence electrons. The van der Waals surface area contributed by atoms with Gasteiger partial charge in [-0.15, -0.1) is 11.8 Å². The zero-order chi connectivity index (χ0) is 17.2. The molecular weight excluding hydrogens is 314 g/mol. The number of rotatable bonds is 3. The Morgan fingerprint density at radius 2 is 1.91 bits per heavy atom. The molecule has 3 amide bonds. The Kier molecular flexibility index (Phi) is 4.99. The van der Waals surface area contributed by atoms with E-state index in [1.54, 1.807) is 18.2 Å². The van der Waals surface area contributed by atoms with E-state index in [2.05, 4.69) is 5.32 Å². The van der Waals surface area contributed by atoms with Crippen LogP contribution in [0.25, 0.3) is 0 Å². The number of carbonyl (C=O) groups is 3. The van der Waals surface area contributed by atoms with Gasteiger partial charge in [0.15, 0.2) is 0 Å². The fourth-order valence-electron chi connectivity index (χ4n) is 2.28. The Morgan fingerprint density at radius 3 is 2.52 bits per heavy atom. The molecule has 1 aromatic carbocycles. The number of nitrogens with zero attached hydrogens (tertiary/aromatic N) is 1. The van der Waals surface area contributed by atoms with Gasteiger partial charge in [0.25, 0.3) is 5.91 Å². The third kappa shape index (κ3) is 4.25. The maximum atomic E-state index is 12.7. The van der Waals surface area contributed by atoms with E-state index in [9.17, 15) is 14.4 Å². The van der Waals surface area contributed by atoms with Crippen molar-refractivity contribution in [2.75, 3.05) is 11.6 Å². The van der Waals surface area contributed by atoms with Crippen molar-refractivity contribution in [1.29, 1.82) is 0 Å². The van der Waals surface area contributed by atoms with Crippen LogP contribution in [0.15, 0.2) is 24.3 Å². The van der Waals surface area contributed by atoms with Crippen LogP contribution in [0.3, 0.4) is 0 Å². The van der Waals surface area contributed by atoms with Crippen LogP contribution in [-0.4, -0.2) is 45.8 Å². The summed E-state index contributed by atoms with van der Waals surface area (Å²) in [6.07, 6.45) is 0. The van der Waals surface area contributed by atoms with Crippen molar-refractivity contribution >= 4 is 29.5 Å². The van der Waals surface area contributed by atoms with Gasteiger partial charge in [0, 0.05) is 22.4 Å². The molecule has 0 bridgehead atoms. The van der Waals surface area contributed by atoms with Crippen LogP contribution in [0, 0.1) is 0 Å². The van der Waals surface area contributed by atoms with E-state index in [-0.39, 0.29) is 22.9 Å². The molecule has 1 unspecified atom stereocenters. The van der Waals surface area contributed by atoms with Crippen molar-refractivity contribution in [3.8, 4) is 0 Å². The van der Waals surface area contributed by atoms with Gasteiger partial charge >= 0.3 is 0 Å². The van der Waals surface area contributed by atoms with E-state index >= 15 is 0 Å². The van der Waals surface area contributed by atoms with Crippen LogP contribution in [0.1, 0.15) is 41.5 Å². The summed E-state index contributed by atoms with van der Waals surface area (Å²) in [5.74, 6) is -0.0167. The Bertz CT molecular complexity index is 640. The summed E-state index contributed by atoms with van der Waals surface area (Å²) in [6.45, 7) is 5.69. The summed E-state index contributed by atoms with van der Waals surface area (Å²) < 4.78 is 0. The van der Waals surface area contributed by atoms with E-state index in [1.807, 2.05) is 20.8 Å². The Balaban J connectivity index is 2.19. The van der Waals surface area contributed by atoms with Crippen molar-refractivity contribution in [3.05, 3.63) is 35.4 Å². The number of thioether (sulfide) groups is 1. The molecule has 0 saturated carbocycles. The van der Waals surface area contributed by atoms with Crippen LogP contribution in [0.5, 0.6) is 0 Å². The first-order valence-electron chi connectivity index (χ1n) is 7.29. The first-order chi connectivity index (χ1) is 10.7. The average molecular weight is 335 g/mol. The first-order valence-corrected chi connectivity index (χ1v) is 8.45. The van der Waals surface area contributed by atoms with E-state index in [0.29, 0.717) is 17.2 Å². The third-order valence-corrected chi connectivity index (χ3v) is 4.35. The molecule has 1 fully saturated rings. The fraction of sp³-hybridized carbons (Fsp3) is 0.438. The molecule has 1 aromatic rings. The number of nitrogens with two attached hydrogens (primary N) is 1. The van der Waals surface area contributed by atoms with Crippen molar-refractivity contribution in [1.82, 2.24) is 10.2 Å². The summed E-state index contributed by atoms with van der Waals surface area (Å²) >= 11 is 1.53. The minimum atomic E-state index is -0.586. The third-order valence-electron chi connectivity index (χ3n) is 3.34. The maximum Gasteiger partial charge on any atom is 0.255 e. The zero-order valence-electron chi connectivity index (χ0n) is 13.5. The van der Waals surface area contributed by atoms with Crippen LogP contribution < -0.4 is 11.1 Å². The summed E-state index contributed by atoms with van der Waals surface area (Å²) in [5.41, 5.74) is 5.53. The van der Waals surface area contributed by atoms with Crippen molar-refractivity contribution < 1.29 is 14.4 Å².